The van der Waals surface area contributed by atoms with Gasteiger partial charge in [0.1, 0.15) is 11.4 Å². The Morgan fingerprint density at radius 3 is 2.55 bits per heavy atom. The minimum absolute atomic E-state index is 0.179. The summed E-state index contributed by atoms with van der Waals surface area (Å²) < 4.78 is 31.1. The number of nitrogens with one attached hydrogen (secondary N) is 2. The number of aromatic nitrogens is 2. The van der Waals surface area contributed by atoms with Crippen LogP contribution in [0.15, 0.2) is 76.8 Å². The van der Waals surface area contributed by atoms with E-state index in [-0.39, 0.29) is 22.2 Å². The van der Waals surface area contributed by atoms with Crippen LogP contribution in [0.1, 0.15) is 21.6 Å². The van der Waals surface area contributed by atoms with Crippen molar-refractivity contribution < 1.29 is 17.9 Å². The summed E-state index contributed by atoms with van der Waals surface area (Å²) in [7, 11) is -2.18. The van der Waals surface area contributed by atoms with Crippen LogP contribution in [0.3, 0.4) is 0 Å². The van der Waals surface area contributed by atoms with Crippen LogP contribution in [-0.2, 0) is 16.4 Å². The molecule has 0 atom stereocenters. The van der Waals surface area contributed by atoms with Crippen LogP contribution < -0.4 is 10.1 Å². The number of aryl methyl sites for hydroxylation is 1. The van der Waals surface area contributed by atoms with Crippen LogP contribution in [0, 0.1) is 6.92 Å². The lowest BCUT2D eigenvalue weighted by atomic mass is 10.2. The first kappa shape index (κ1) is 20.6. The molecule has 0 aliphatic rings. The Morgan fingerprint density at radius 1 is 1.06 bits per heavy atom. The number of hydrogen-bond donors (Lipinski definition) is 2. The molecule has 2 aromatic carbocycles. The van der Waals surface area contributed by atoms with E-state index >= 15 is 0 Å². The van der Waals surface area contributed by atoms with Crippen LogP contribution in [0.25, 0.3) is 10.9 Å². The lowest BCUT2D eigenvalue weighted by molar-refractivity contribution is 0.0946. The number of carbonyl (C=O) groups excluding carboxylic acids is 1. The summed E-state index contributed by atoms with van der Waals surface area (Å²) in [5, 5.41) is 3.69. The minimum Gasteiger partial charge on any atom is -0.497 e. The molecule has 0 saturated carbocycles. The molecule has 1 amide bonds. The number of sulfone groups is 1. The Morgan fingerprint density at radius 2 is 1.84 bits per heavy atom. The molecule has 31 heavy (non-hydrogen) atoms. The maximum Gasteiger partial charge on any atom is 0.267 e. The molecule has 2 aromatic heterocycles. The van der Waals surface area contributed by atoms with E-state index < -0.39 is 9.84 Å². The van der Waals surface area contributed by atoms with Gasteiger partial charge in [-0.3, -0.25) is 9.78 Å². The predicted molar refractivity (Wildman–Crippen MR) is 117 cm³/mol. The van der Waals surface area contributed by atoms with Gasteiger partial charge in [-0.05, 0) is 60.5 Å². The smallest absolute Gasteiger partial charge is 0.267 e. The third-order valence-electron chi connectivity index (χ3n) is 4.92. The summed E-state index contributed by atoms with van der Waals surface area (Å²) in [6, 6.07) is 14.9. The number of nitrogens with zero attached hydrogens (tertiary/aromatic N) is 1. The number of H-pyrrole nitrogens is 1. The van der Waals surface area contributed by atoms with Crippen molar-refractivity contribution in [3.63, 3.8) is 0 Å². The summed E-state index contributed by atoms with van der Waals surface area (Å²) in [5.74, 6) is 0.241. The highest BCUT2D eigenvalue weighted by atomic mass is 32.2. The Kier molecular flexibility index (Phi) is 5.48. The van der Waals surface area contributed by atoms with Crippen molar-refractivity contribution in [2.75, 3.05) is 7.11 Å². The van der Waals surface area contributed by atoms with Crippen LogP contribution >= 0.6 is 0 Å². The number of aromatic amines is 1. The molecule has 8 heteroatoms. The molecule has 0 aliphatic carbocycles. The van der Waals surface area contributed by atoms with Gasteiger partial charge < -0.3 is 15.0 Å². The number of ether oxygens (including phenoxy) is 1. The van der Waals surface area contributed by atoms with Gasteiger partial charge in [-0.25, -0.2) is 8.42 Å². The molecular weight excluding hydrogens is 414 g/mol. The van der Waals surface area contributed by atoms with Gasteiger partial charge in [-0.15, -0.1) is 0 Å². The van der Waals surface area contributed by atoms with E-state index in [1.165, 1.54) is 13.2 Å². The Hall–Kier alpha value is -3.65. The molecule has 158 valence electrons. The average molecular weight is 436 g/mol. The van der Waals surface area contributed by atoms with Crippen molar-refractivity contribution in [1.29, 1.82) is 0 Å². The first-order chi connectivity index (χ1) is 14.9. The van der Waals surface area contributed by atoms with Gasteiger partial charge >= 0.3 is 0 Å². The lowest BCUT2D eigenvalue weighted by Gasteiger charge is -2.09. The van der Waals surface area contributed by atoms with E-state index in [0.29, 0.717) is 11.4 Å². The number of fused-ring (bicyclic) bond motifs is 1. The van der Waals surface area contributed by atoms with Crippen molar-refractivity contribution in [1.82, 2.24) is 15.3 Å². The van der Waals surface area contributed by atoms with E-state index in [0.717, 1.165) is 22.0 Å². The molecule has 0 unspecified atom stereocenters. The second-order valence-corrected chi connectivity index (χ2v) is 9.11. The molecule has 0 bridgehead atoms. The fourth-order valence-electron chi connectivity index (χ4n) is 3.28. The van der Waals surface area contributed by atoms with Crippen molar-refractivity contribution in [3.05, 3.63) is 83.8 Å². The first-order valence-corrected chi connectivity index (χ1v) is 11.1. The summed E-state index contributed by atoms with van der Waals surface area (Å²) in [4.78, 5) is 19.9. The van der Waals surface area contributed by atoms with Gasteiger partial charge in [-0.1, -0.05) is 12.1 Å². The van der Waals surface area contributed by atoms with E-state index in [1.807, 2.05) is 6.92 Å². The van der Waals surface area contributed by atoms with Crippen LogP contribution in [0.4, 0.5) is 0 Å². The number of carbonyl (C=O) groups is 1. The van der Waals surface area contributed by atoms with Gasteiger partial charge in [0.25, 0.3) is 5.91 Å². The van der Waals surface area contributed by atoms with E-state index in [9.17, 15) is 13.2 Å². The SMILES string of the molecule is COc1cc(C)cc(S(=O)(=O)c2ccc(CNC(=O)c3cc4cnccc4[nH]3)cc2)c1. The molecule has 0 spiro atoms. The average Bonchev–Trinajstić information content (AvgIpc) is 3.21. The first-order valence-electron chi connectivity index (χ1n) is 9.57. The van der Waals surface area contributed by atoms with Crippen molar-refractivity contribution in [2.24, 2.45) is 0 Å². The van der Waals surface area contributed by atoms with Gasteiger partial charge in [0.2, 0.25) is 9.84 Å². The number of amides is 1. The highest BCUT2D eigenvalue weighted by Crippen LogP contribution is 2.26. The predicted octanol–water partition coefficient (Wildman–Crippen LogP) is 3.64. The van der Waals surface area contributed by atoms with E-state index in [4.69, 9.17) is 4.74 Å². The number of methoxy groups -OCH3 is 1. The molecule has 0 radical (unpaired) electrons. The Balaban J connectivity index is 1.47. The number of benzene rings is 2. The topological polar surface area (TPSA) is 101 Å². The summed E-state index contributed by atoms with van der Waals surface area (Å²) in [5.41, 5.74) is 2.86. The molecule has 7 nitrogen and oxygen atoms in total. The Labute approximate surface area is 180 Å². The Bertz CT molecular complexity index is 1330. The third-order valence-corrected chi connectivity index (χ3v) is 6.67. The fourth-order valence-corrected chi connectivity index (χ4v) is 4.66. The van der Waals surface area contributed by atoms with Gasteiger partial charge in [-0.2, -0.15) is 0 Å². The second-order valence-electron chi connectivity index (χ2n) is 7.16. The number of hydrogen-bond acceptors (Lipinski definition) is 5. The highest BCUT2D eigenvalue weighted by Gasteiger charge is 2.19. The highest BCUT2D eigenvalue weighted by molar-refractivity contribution is 7.91. The zero-order valence-corrected chi connectivity index (χ0v) is 17.9. The van der Waals surface area contributed by atoms with Gasteiger partial charge in [0.15, 0.2) is 0 Å². The molecular formula is C23H21N3O4S. The van der Waals surface area contributed by atoms with Crippen LogP contribution in [0.2, 0.25) is 0 Å². The summed E-state index contributed by atoms with van der Waals surface area (Å²) >= 11 is 0. The monoisotopic (exact) mass is 435 g/mol. The van der Waals surface area contributed by atoms with Crippen molar-refractivity contribution in [2.45, 2.75) is 23.3 Å². The van der Waals surface area contributed by atoms with Crippen molar-refractivity contribution >= 4 is 26.6 Å². The molecule has 0 saturated heterocycles. The summed E-state index contributed by atoms with van der Waals surface area (Å²) in [6.45, 7) is 2.09. The van der Waals surface area contributed by atoms with Gasteiger partial charge in [0, 0.05) is 29.8 Å². The van der Waals surface area contributed by atoms with Gasteiger partial charge in [0.05, 0.1) is 16.9 Å². The zero-order valence-electron chi connectivity index (χ0n) is 17.0. The normalized spacial score (nSPS) is 11.4. The largest absolute Gasteiger partial charge is 0.497 e. The van der Waals surface area contributed by atoms with Crippen molar-refractivity contribution in [3.8, 4) is 5.75 Å². The summed E-state index contributed by atoms with van der Waals surface area (Å²) in [6.07, 6.45) is 3.34. The zero-order chi connectivity index (χ0) is 22.0. The maximum atomic E-state index is 13.0. The molecule has 4 rings (SSSR count). The van der Waals surface area contributed by atoms with Crippen LogP contribution in [0.5, 0.6) is 5.75 Å². The molecule has 2 N–H and O–H groups in total. The standard InChI is InChI=1S/C23H21N3O4S/c1-15-9-18(30-2)12-20(10-15)31(28,29)19-5-3-16(4-6-19)13-25-23(27)22-11-17-14-24-8-7-21(17)26-22/h3-12,14,26H,13H2,1-2H3,(H,25,27). The molecule has 0 aliphatic heterocycles. The fraction of sp³-hybridized carbons (Fsp3) is 0.130. The number of rotatable bonds is 6. The van der Waals surface area contributed by atoms with E-state index in [1.54, 1.807) is 60.9 Å². The quantitative estimate of drug-likeness (QED) is 0.482. The van der Waals surface area contributed by atoms with E-state index in [2.05, 4.69) is 15.3 Å². The third kappa shape index (κ3) is 4.29. The second kappa shape index (κ2) is 8.23. The lowest BCUT2D eigenvalue weighted by Crippen LogP contribution is -2.23. The number of pyridine rings is 1. The molecule has 2 heterocycles. The molecule has 0 fully saturated rings. The maximum absolute atomic E-state index is 13.0. The van der Waals surface area contributed by atoms with Crippen LogP contribution in [-0.4, -0.2) is 31.4 Å². The molecule has 4 aromatic rings. The minimum atomic E-state index is -3.68.